The molecule has 108 valence electrons. The van der Waals surface area contributed by atoms with Crippen molar-refractivity contribution in [1.82, 2.24) is 15.1 Å². The first-order chi connectivity index (χ1) is 9.01. The van der Waals surface area contributed by atoms with Crippen LogP contribution in [-0.4, -0.2) is 22.4 Å². The predicted molar refractivity (Wildman–Crippen MR) is 80.7 cm³/mol. The molecule has 3 nitrogen and oxygen atoms in total. The highest BCUT2D eigenvalue weighted by molar-refractivity contribution is 6.31. The van der Waals surface area contributed by atoms with Crippen molar-refractivity contribution in [2.45, 2.75) is 58.9 Å². The first-order valence-electron chi connectivity index (χ1n) is 7.42. The predicted octanol–water partition coefficient (Wildman–Crippen LogP) is 3.48. The minimum atomic E-state index is 0.298. The second-order valence-electron chi connectivity index (χ2n) is 6.01. The summed E-state index contributed by atoms with van der Waals surface area (Å²) in [5.74, 6) is 0. The standard InChI is InChI=1S/C15H26ClN3/c1-5-15(6-2,10-17-12-7-8-12)9-13-14(16)11(3)18-19(13)4/h12,17H,5-10H2,1-4H3. The van der Waals surface area contributed by atoms with Crippen molar-refractivity contribution in [3.05, 3.63) is 16.4 Å². The summed E-state index contributed by atoms with van der Waals surface area (Å²) >= 11 is 6.41. The van der Waals surface area contributed by atoms with Crippen LogP contribution in [0.25, 0.3) is 0 Å². The van der Waals surface area contributed by atoms with E-state index in [0.29, 0.717) is 5.41 Å². The Morgan fingerprint density at radius 3 is 2.42 bits per heavy atom. The van der Waals surface area contributed by atoms with Gasteiger partial charge in [-0.1, -0.05) is 25.4 Å². The van der Waals surface area contributed by atoms with Gasteiger partial charge in [0.05, 0.1) is 16.4 Å². The third-order valence-corrected chi connectivity index (χ3v) is 5.14. The number of rotatable bonds is 7. The molecule has 0 spiro atoms. The van der Waals surface area contributed by atoms with Gasteiger partial charge in [-0.15, -0.1) is 0 Å². The van der Waals surface area contributed by atoms with Gasteiger partial charge in [-0.3, -0.25) is 4.68 Å². The molecule has 1 N–H and O–H groups in total. The van der Waals surface area contributed by atoms with Gasteiger partial charge in [0.1, 0.15) is 0 Å². The molecule has 1 aliphatic carbocycles. The van der Waals surface area contributed by atoms with Crippen molar-refractivity contribution in [2.75, 3.05) is 6.54 Å². The Morgan fingerprint density at radius 2 is 2.00 bits per heavy atom. The molecular weight excluding hydrogens is 258 g/mol. The molecule has 0 unspecified atom stereocenters. The molecule has 0 saturated heterocycles. The lowest BCUT2D eigenvalue weighted by atomic mass is 9.78. The number of nitrogens with zero attached hydrogens (tertiary/aromatic N) is 2. The second-order valence-corrected chi connectivity index (χ2v) is 6.39. The Kier molecular flexibility index (Phi) is 4.57. The molecule has 19 heavy (non-hydrogen) atoms. The molecule has 1 aromatic heterocycles. The SMILES string of the molecule is CCC(CC)(CNC1CC1)Cc1c(Cl)c(C)nn1C. The van der Waals surface area contributed by atoms with Gasteiger partial charge in [-0.2, -0.15) is 5.10 Å². The van der Waals surface area contributed by atoms with Gasteiger partial charge >= 0.3 is 0 Å². The zero-order valence-electron chi connectivity index (χ0n) is 12.6. The lowest BCUT2D eigenvalue weighted by Gasteiger charge is -2.32. The monoisotopic (exact) mass is 283 g/mol. The van der Waals surface area contributed by atoms with Gasteiger partial charge in [0, 0.05) is 19.6 Å². The van der Waals surface area contributed by atoms with Crippen LogP contribution in [0.2, 0.25) is 5.02 Å². The largest absolute Gasteiger partial charge is 0.313 e. The van der Waals surface area contributed by atoms with Crippen LogP contribution in [0.1, 0.15) is 50.9 Å². The fourth-order valence-electron chi connectivity index (χ4n) is 2.69. The molecule has 0 bridgehead atoms. The average molecular weight is 284 g/mol. The summed E-state index contributed by atoms with van der Waals surface area (Å²) in [5.41, 5.74) is 2.42. The fourth-order valence-corrected chi connectivity index (χ4v) is 2.92. The number of aromatic nitrogens is 2. The minimum absolute atomic E-state index is 0.298. The number of aryl methyl sites for hydroxylation is 2. The van der Waals surface area contributed by atoms with E-state index in [4.69, 9.17) is 11.6 Å². The smallest absolute Gasteiger partial charge is 0.0847 e. The summed E-state index contributed by atoms with van der Waals surface area (Å²) in [6.07, 6.45) is 6.04. The third kappa shape index (κ3) is 3.32. The Bertz CT molecular complexity index is 431. The summed E-state index contributed by atoms with van der Waals surface area (Å²) in [6, 6.07) is 0.765. The maximum absolute atomic E-state index is 6.41. The van der Waals surface area contributed by atoms with Crippen molar-refractivity contribution in [2.24, 2.45) is 12.5 Å². The van der Waals surface area contributed by atoms with Crippen LogP contribution in [0.4, 0.5) is 0 Å². The van der Waals surface area contributed by atoms with E-state index >= 15 is 0 Å². The first-order valence-corrected chi connectivity index (χ1v) is 7.80. The van der Waals surface area contributed by atoms with E-state index in [-0.39, 0.29) is 0 Å². The van der Waals surface area contributed by atoms with E-state index < -0.39 is 0 Å². The maximum Gasteiger partial charge on any atom is 0.0847 e. The lowest BCUT2D eigenvalue weighted by molar-refractivity contribution is 0.240. The van der Waals surface area contributed by atoms with Crippen LogP contribution in [0, 0.1) is 12.3 Å². The van der Waals surface area contributed by atoms with E-state index in [0.717, 1.165) is 29.7 Å². The second kappa shape index (κ2) is 5.84. The van der Waals surface area contributed by atoms with Gasteiger partial charge < -0.3 is 5.32 Å². The molecule has 0 aromatic carbocycles. The molecule has 1 fully saturated rings. The third-order valence-electron chi connectivity index (χ3n) is 4.65. The van der Waals surface area contributed by atoms with Crippen LogP contribution >= 0.6 is 11.6 Å². The maximum atomic E-state index is 6.41. The highest BCUT2D eigenvalue weighted by Crippen LogP contribution is 2.34. The highest BCUT2D eigenvalue weighted by Gasteiger charge is 2.32. The molecule has 1 heterocycles. The molecular formula is C15H26ClN3. The average Bonchev–Trinajstić information content (AvgIpc) is 3.19. The zero-order chi connectivity index (χ0) is 14.0. The Hall–Kier alpha value is -0.540. The van der Waals surface area contributed by atoms with E-state index in [2.05, 4.69) is 24.3 Å². The van der Waals surface area contributed by atoms with E-state index in [1.807, 2.05) is 18.7 Å². The molecule has 0 aliphatic heterocycles. The Labute approximate surface area is 121 Å². The quantitative estimate of drug-likeness (QED) is 0.830. The summed E-state index contributed by atoms with van der Waals surface area (Å²) in [6.45, 7) is 7.64. The molecule has 1 aromatic rings. The van der Waals surface area contributed by atoms with Crippen molar-refractivity contribution >= 4 is 11.6 Å². The minimum Gasteiger partial charge on any atom is -0.313 e. The van der Waals surface area contributed by atoms with E-state index in [1.54, 1.807) is 0 Å². The van der Waals surface area contributed by atoms with Crippen molar-refractivity contribution < 1.29 is 0 Å². The number of nitrogens with one attached hydrogen (secondary N) is 1. The summed E-state index contributed by atoms with van der Waals surface area (Å²) in [7, 11) is 2.00. The number of hydrogen-bond acceptors (Lipinski definition) is 2. The van der Waals surface area contributed by atoms with Crippen molar-refractivity contribution in [3.8, 4) is 0 Å². The van der Waals surface area contributed by atoms with Crippen LogP contribution in [0.5, 0.6) is 0 Å². The Balaban J connectivity index is 2.13. The number of halogens is 1. The van der Waals surface area contributed by atoms with Gasteiger partial charge in [0.2, 0.25) is 0 Å². The Morgan fingerprint density at radius 1 is 1.37 bits per heavy atom. The topological polar surface area (TPSA) is 29.9 Å². The molecule has 1 aliphatic rings. The van der Waals surface area contributed by atoms with E-state index in [1.165, 1.54) is 31.4 Å². The van der Waals surface area contributed by atoms with Gasteiger partial charge in [-0.25, -0.2) is 0 Å². The summed E-state index contributed by atoms with van der Waals surface area (Å²) in [5, 5.41) is 8.98. The molecule has 2 rings (SSSR count). The molecule has 1 saturated carbocycles. The van der Waals surface area contributed by atoms with Crippen LogP contribution < -0.4 is 5.32 Å². The molecule has 0 amide bonds. The molecule has 4 heteroatoms. The number of hydrogen-bond donors (Lipinski definition) is 1. The van der Waals surface area contributed by atoms with Gasteiger partial charge in [-0.05, 0) is 44.4 Å². The van der Waals surface area contributed by atoms with Gasteiger partial charge in [0.25, 0.3) is 0 Å². The highest BCUT2D eigenvalue weighted by atomic mass is 35.5. The normalized spacial score (nSPS) is 16.1. The van der Waals surface area contributed by atoms with Crippen LogP contribution in [0.15, 0.2) is 0 Å². The van der Waals surface area contributed by atoms with Gasteiger partial charge in [0.15, 0.2) is 0 Å². The van der Waals surface area contributed by atoms with Crippen molar-refractivity contribution in [3.63, 3.8) is 0 Å². The first kappa shape index (κ1) is 14.9. The summed E-state index contributed by atoms with van der Waals surface area (Å²) in [4.78, 5) is 0. The van der Waals surface area contributed by atoms with Crippen LogP contribution in [-0.2, 0) is 13.5 Å². The summed E-state index contributed by atoms with van der Waals surface area (Å²) < 4.78 is 1.95. The zero-order valence-corrected chi connectivity index (χ0v) is 13.3. The molecule has 0 atom stereocenters. The fraction of sp³-hybridized carbons (Fsp3) is 0.800. The molecule has 0 radical (unpaired) electrons. The van der Waals surface area contributed by atoms with E-state index in [9.17, 15) is 0 Å². The van der Waals surface area contributed by atoms with Crippen LogP contribution in [0.3, 0.4) is 0 Å². The van der Waals surface area contributed by atoms with Crippen molar-refractivity contribution in [1.29, 1.82) is 0 Å². The lowest BCUT2D eigenvalue weighted by Crippen LogP contribution is -2.37.